The van der Waals surface area contributed by atoms with Gasteiger partial charge >= 0.3 is 0 Å². The van der Waals surface area contributed by atoms with Gasteiger partial charge in [-0.05, 0) is 126 Å². The first-order valence-electron chi connectivity index (χ1n) is 27.7. The summed E-state index contributed by atoms with van der Waals surface area (Å²) in [5.41, 5.74) is 7.29. The lowest BCUT2D eigenvalue weighted by atomic mass is 9.78. The Morgan fingerprint density at radius 1 is 0.350 bits per heavy atom. The number of rotatable bonds is 34. The summed E-state index contributed by atoms with van der Waals surface area (Å²) in [7, 11) is 0. The molecule has 4 unspecified atom stereocenters. The minimum Gasteiger partial charge on any atom is -0.491 e. The molecule has 13 nitrogen and oxygen atoms in total. The van der Waals surface area contributed by atoms with Crippen molar-refractivity contribution in [1.82, 2.24) is 0 Å². The van der Waals surface area contributed by atoms with E-state index in [1.807, 2.05) is 115 Å². The highest BCUT2D eigenvalue weighted by molar-refractivity contribution is 5.44. The summed E-state index contributed by atoms with van der Waals surface area (Å²) in [5.74, 6) is 4.01. The molecule has 0 spiro atoms. The van der Waals surface area contributed by atoms with Crippen molar-refractivity contribution >= 4 is 0 Å². The van der Waals surface area contributed by atoms with Crippen LogP contribution < -0.4 is 23.7 Å². The number of ether oxygens (including phenoxy) is 8. The van der Waals surface area contributed by atoms with Gasteiger partial charge in [0.25, 0.3) is 0 Å². The summed E-state index contributed by atoms with van der Waals surface area (Å²) in [6, 6.07) is 51.8. The molecule has 7 aromatic rings. The Labute approximate surface area is 473 Å². The van der Waals surface area contributed by atoms with Crippen molar-refractivity contribution in [1.29, 1.82) is 0 Å². The van der Waals surface area contributed by atoms with Gasteiger partial charge in [-0.2, -0.15) is 0 Å². The molecule has 1 aromatic heterocycles. The lowest BCUT2D eigenvalue weighted by Crippen LogP contribution is -2.25. The molecule has 4 atom stereocenters. The van der Waals surface area contributed by atoms with E-state index in [-0.39, 0.29) is 69.1 Å². The first kappa shape index (κ1) is 61.0. The highest BCUT2D eigenvalue weighted by Gasteiger charge is 2.26. The molecule has 0 radical (unpaired) electrons. The van der Waals surface area contributed by atoms with E-state index in [2.05, 4.69) is 84.9 Å². The quantitative estimate of drug-likeness (QED) is 0.0282. The summed E-state index contributed by atoms with van der Waals surface area (Å²) < 4.78 is 51.5. The third kappa shape index (κ3) is 18.4. The summed E-state index contributed by atoms with van der Waals surface area (Å²) in [6.07, 6.45) is -0.0355. The maximum Gasteiger partial charge on any atom is 0.129 e. The minimum absolute atomic E-state index is 0.0699. The average molecular weight is 1100 g/mol. The molecular weight excluding hydrogens is 1010 g/mol. The molecule has 0 bridgehead atoms. The zero-order chi connectivity index (χ0) is 57.0. The smallest absolute Gasteiger partial charge is 0.129 e. The number of aliphatic hydroxyl groups excluding tert-OH is 4. The van der Waals surface area contributed by atoms with Crippen molar-refractivity contribution in [2.75, 3.05) is 66.1 Å². The number of hydrogen-bond donors (Lipinski definition) is 4. The molecule has 0 aliphatic heterocycles. The van der Waals surface area contributed by atoms with Gasteiger partial charge in [0.2, 0.25) is 0 Å². The first-order valence-corrected chi connectivity index (χ1v) is 27.7. The minimum atomic E-state index is -0.844. The number of furan rings is 1. The van der Waals surface area contributed by atoms with Crippen molar-refractivity contribution in [3.05, 3.63) is 209 Å². The Hall–Kier alpha value is -6.68. The van der Waals surface area contributed by atoms with Gasteiger partial charge in [-0.3, -0.25) is 0 Å². The van der Waals surface area contributed by atoms with Gasteiger partial charge in [0.15, 0.2) is 0 Å². The van der Waals surface area contributed by atoms with Crippen molar-refractivity contribution < 1.29 is 62.7 Å². The summed E-state index contributed by atoms with van der Waals surface area (Å²) >= 11 is 0. The van der Waals surface area contributed by atoms with Gasteiger partial charge in [0.1, 0.15) is 98.6 Å². The molecule has 0 saturated heterocycles. The highest BCUT2D eigenvalue weighted by Crippen LogP contribution is 2.36. The maximum atomic E-state index is 10.7. The predicted octanol–water partition coefficient (Wildman–Crippen LogP) is 11.3. The van der Waals surface area contributed by atoms with Gasteiger partial charge in [-0.1, -0.05) is 132 Å². The fraction of sp³-hybridized carbons (Fsp3) is 0.403. The predicted molar refractivity (Wildman–Crippen MR) is 311 cm³/mol. The van der Waals surface area contributed by atoms with E-state index >= 15 is 0 Å². The fourth-order valence-corrected chi connectivity index (χ4v) is 9.00. The Morgan fingerprint density at radius 3 is 0.887 bits per heavy atom. The zero-order valence-corrected chi connectivity index (χ0v) is 47.6. The van der Waals surface area contributed by atoms with Crippen LogP contribution in [0.3, 0.4) is 0 Å². The second-order valence-corrected chi connectivity index (χ2v) is 22.0. The van der Waals surface area contributed by atoms with Gasteiger partial charge in [0, 0.05) is 29.5 Å². The van der Waals surface area contributed by atoms with Crippen LogP contribution >= 0.6 is 0 Å². The molecule has 6 aromatic carbocycles. The molecule has 0 fully saturated rings. The second-order valence-electron chi connectivity index (χ2n) is 22.0. The molecular formula is C67H82O13. The molecule has 0 amide bonds. The van der Waals surface area contributed by atoms with E-state index in [1.54, 1.807) is 12.3 Å². The SMILES string of the molecule is Cc1ccc(C(C)(C)c2ccc(OCC(O)COCCCCOCC(O)COc3ccc(C(C)(C)c4ccc(OCC(O)COc5ccc(C(C)(C)c6ccc(OCC(O)COCc7ccco7)cc6)cc5)cc4)cc3)cc2)cc1. The molecule has 0 aliphatic carbocycles. The molecule has 4 N–H and O–H groups in total. The lowest BCUT2D eigenvalue weighted by molar-refractivity contribution is 0.000263. The van der Waals surface area contributed by atoms with Gasteiger partial charge in [-0.25, -0.2) is 0 Å². The molecule has 1 heterocycles. The van der Waals surface area contributed by atoms with Crippen LogP contribution in [-0.4, -0.2) is 111 Å². The van der Waals surface area contributed by atoms with Crippen LogP contribution in [0.4, 0.5) is 0 Å². The van der Waals surface area contributed by atoms with Crippen molar-refractivity contribution in [3.63, 3.8) is 0 Å². The molecule has 7 rings (SSSR count). The van der Waals surface area contributed by atoms with E-state index in [4.69, 9.17) is 42.3 Å². The van der Waals surface area contributed by atoms with Crippen molar-refractivity contribution in [3.8, 4) is 28.7 Å². The Morgan fingerprint density at radius 2 is 0.613 bits per heavy atom. The monoisotopic (exact) mass is 1090 g/mol. The summed E-state index contributed by atoms with van der Waals surface area (Å²) in [5, 5.41) is 41.9. The van der Waals surface area contributed by atoms with E-state index in [0.29, 0.717) is 54.3 Å². The Bertz CT molecular complexity index is 2830. The molecule has 428 valence electrons. The Kier molecular flexibility index (Phi) is 22.6. The van der Waals surface area contributed by atoms with Gasteiger partial charge in [0.05, 0.1) is 26.1 Å². The topological polar surface area (TPSA) is 168 Å². The third-order valence-electron chi connectivity index (χ3n) is 14.4. The van der Waals surface area contributed by atoms with Crippen LogP contribution in [0.5, 0.6) is 28.7 Å². The van der Waals surface area contributed by atoms with Crippen LogP contribution in [0.2, 0.25) is 0 Å². The standard InChI is InChI=1S/C67H82O13/c1-48-12-14-49(15-13-48)65(2,3)50-16-26-59(27-17-50)76-42-55(68)39-72-36-8-9-37-73-40-56(69)43-77-60-28-18-51(19-29-60)66(4,5)53-22-32-62(33-23-53)79-45-58(71)46-80-63-34-24-54(25-35-63)67(6,7)52-20-30-61(31-21-52)78-44-57(70)41-74-47-64-11-10-38-75-64/h10-35,38,55-58,68-71H,8-9,36-37,39-47H2,1-7H3. The number of benzene rings is 6. The number of aryl methyl sites for hydroxylation is 1. The van der Waals surface area contributed by atoms with Gasteiger partial charge < -0.3 is 62.7 Å². The molecule has 0 saturated carbocycles. The molecule has 13 heteroatoms. The van der Waals surface area contributed by atoms with Crippen LogP contribution in [0.15, 0.2) is 168 Å². The van der Waals surface area contributed by atoms with Crippen LogP contribution in [0, 0.1) is 6.92 Å². The van der Waals surface area contributed by atoms with Crippen molar-refractivity contribution in [2.45, 2.75) is 109 Å². The number of unbranched alkanes of at least 4 members (excludes halogenated alkanes) is 1. The summed E-state index contributed by atoms with van der Waals surface area (Å²) in [6.45, 7) is 17.4. The lowest BCUT2D eigenvalue weighted by Gasteiger charge is -2.27. The van der Waals surface area contributed by atoms with E-state index in [9.17, 15) is 20.4 Å². The van der Waals surface area contributed by atoms with Crippen LogP contribution in [0.1, 0.15) is 99.1 Å². The number of aliphatic hydroxyl groups is 4. The largest absolute Gasteiger partial charge is 0.491 e. The third-order valence-corrected chi connectivity index (χ3v) is 14.4. The zero-order valence-electron chi connectivity index (χ0n) is 47.6. The van der Waals surface area contributed by atoms with E-state index in [1.165, 1.54) is 16.7 Å². The number of hydrogen-bond acceptors (Lipinski definition) is 13. The van der Waals surface area contributed by atoms with Crippen molar-refractivity contribution in [2.24, 2.45) is 0 Å². The van der Waals surface area contributed by atoms with Gasteiger partial charge in [-0.15, -0.1) is 0 Å². The first-order chi connectivity index (χ1) is 38.4. The maximum absolute atomic E-state index is 10.7. The van der Waals surface area contributed by atoms with E-state index < -0.39 is 24.4 Å². The van der Waals surface area contributed by atoms with Crippen LogP contribution in [0.25, 0.3) is 0 Å². The molecule has 80 heavy (non-hydrogen) atoms. The fourth-order valence-electron chi connectivity index (χ4n) is 9.00. The van der Waals surface area contributed by atoms with Crippen LogP contribution in [-0.2, 0) is 37.1 Å². The summed E-state index contributed by atoms with van der Waals surface area (Å²) in [4.78, 5) is 0. The second kappa shape index (κ2) is 29.7. The highest BCUT2D eigenvalue weighted by atomic mass is 16.5. The molecule has 0 aliphatic rings. The average Bonchev–Trinajstić information content (AvgIpc) is 4.04. The Balaban J connectivity index is 0.719. The normalized spacial score (nSPS) is 13.5. The van der Waals surface area contributed by atoms with E-state index in [0.717, 1.165) is 35.1 Å².